The number of aliphatic hydroxyl groups excluding tert-OH is 1. The summed E-state index contributed by atoms with van der Waals surface area (Å²) in [7, 11) is 1.56. The fraction of sp³-hybridized carbons (Fsp3) is 0.600. The average molecular weight is 294 g/mol. The van der Waals surface area contributed by atoms with E-state index in [1.165, 1.54) is 11.2 Å². The summed E-state index contributed by atoms with van der Waals surface area (Å²) in [4.78, 5) is 25.1. The van der Waals surface area contributed by atoms with Crippen LogP contribution in [-0.2, 0) is 4.79 Å². The monoisotopic (exact) mass is 294 g/mol. The minimum absolute atomic E-state index is 0.0254. The Labute approximate surface area is 124 Å². The van der Waals surface area contributed by atoms with Crippen molar-refractivity contribution in [3.63, 3.8) is 0 Å². The van der Waals surface area contributed by atoms with Crippen LogP contribution in [0.5, 0.6) is 0 Å². The van der Waals surface area contributed by atoms with Gasteiger partial charge in [0.05, 0.1) is 18.9 Å². The van der Waals surface area contributed by atoms with Gasteiger partial charge in [-0.1, -0.05) is 12.8 Å². The topological polar surface area (TPSA) is 82.8 Å². The van der Waals surface area contributed by atoms with Crippen molar-refractivity contribution in [3.8, 4) is 0 Å². The Morgan fingerprint density at radius 2 is 2.19 bits per heavy atom. The van der Waals surface area contributed by atoms with Crippen LogP contribution in [0.15, 0.2) is 22.8 Å². The molecule has 2 atom stereocenters. The fourth-order valence-corrected chi connectivity index (χ4v) is 2.60. The summed E-state index contributed by atoms with van der Waals surface area (Å²) in [6.45, 7) is 0.436. The molecule has 0 spiro atoms. The minimum atomic E-state index is -0.332. The van der Waals surface area contributed by atoms with Gasteiger partial charge in [-0.3, -0.25) is 9.59 Å². The lowest BCUT2D eigenvalue weighted by molar-refractivity contribution is -0.122. The first-order valence-electron chi connectivity index (χ1n) is 7.31. The second kappa shape index (κ2) is 7.26. The summed E-state index contributed by atoms with van der Waals surface area (Å²) in [5.74, 6) is -0.218. The second-order valence-electron chi connectivity index (χ2n) is 5.55. The highest BCUT2D eigenvalue weighted by Gasteiger charge is 2.24. The van der Waals surface area contributed by atoms with Crippen molar-refractivity contribution in [3.05, 3.63) is 24.2 Å². The van der Waals surface area contributed by atoms with E-state index in [2.05, 4.69) is 5.32 Å². The maximum atomic E-state index is 11.9. The summed E-state index contributed by atoms with van der Waals surface area (Å²) < 4.78 is 5.01. The zero-order valence-electron chi connectivity index (χ0n) is 12.2. The van der Waals surface area contributed by atoms with Gasteiger partial charge in [0, 0.05) is 19.5 Å². The number of amides is 2. The Kier molecular flexibility index (Phi) is 5.38. The molecule has 0 aliphatic heterocycles. The highest BCUT2D eigenvalue weighted by molar-refractivity contribution is 5.94. The molecule has 1 heterocycles. The first kappa shape index (κ1) is 15.6. The molecule has 0 aromatic carbocycles. The van der Waals surface area contributed by atoms with Crippen molar-refractivity contribution < 1.29 is 19.1 Å². The van der Waals surface area contributed by atoms with E-state index >= 15 is 0 Å². The van der Waals surface area contributed by atoms with Gasteiger partial charge in [-0.15, -0.1) is 0 Å². The summed E-state index contributed by atoms with van der Waals surface area (Å²) in [6.07, 6.45) is 4.97. The molecule has 116 valence electrons. The number of furan rings is 1. The second-order valence-corrected chi connectivity index (χ2v) is 5.55. The summed E-state index contributed by atoms with van der Waals surface area (Å²) in [5, 5.41) is 12.6. The van der Waals surface area contributed by atoms with Crippen LogP contribution in [0.1, 0.15) is 36.2 Å². The Hall–Kier alpha value is -1.82. The van der Waals surface area contributed by atoms with E-state index in [0.29, 0.717) is 6.54 Å². The zero-order chi connectivity index (χ0) is 15.2. The predicted octanol–water partition coefficient (Wildman–Crippen LogP) is 1.02. The van der Waals surface area contributed by atoms with Crippen molar-refractivity contribution in [1.82, 2.24) is 10.2 Å². The van der Waals surface area contributed by atoms with Gasteiger partial charge < -0.3 is 19.7 Å². The molecule has 2 unspecified atom stereocenters. The molecule has 2 N–H and O–H groups in total. The van der Waals surface area contributed by atoms with Gasteiger partial charge in [-0.2, -0.15) is 0 Å². The average Bonchev–Trinajstić information content (AvgIpc) is 2.99. The quantitative estimate of drug-likeness (QED) is 0.849. The molecule has 21 heavy (non-hydrogen) atoms. The smallest absolute Gasteiger partial charge is 0.289 e. The lowest BCUT2D eigenvalue weighted by Crippen LogP contribution is -2.42. The molecule has 0 bridgehead atoms. The number of aliphatic hydroxyl groups is 1. The van der Waals surface area contributed by atoms with Gasteiger partial charge in [-0.05, 0) is 25.0 Å². The molecule has 2 rings (SSSR count). The Morgan fingerprint density at radius 3 is 2.86 bits per heavy atom. The highest BCUT2D eigenvalue weighted by atomic mass is 16.3. The maximum Gasteiger partial charge on any atom is 0.289 e. The maximum absolute atomic E-state index is 11.9. The normalized spacial score (nSPS) is 21.8. The van der Waals surface area contributed by atoms with E-state index < -0.39 is 0 Å². The molecular formula is C15H22N2O4. The fourth-order valence-electron chi connectivity index (χ4n) is 2.60. The number of rotatable bonds is 5. The van der Waals surface area contributed by atoms with Gasteiger partial charge in [0.25, 0.3) is 5.91 Å². The third-order valence-electron chi connectivity index (χ3n) is 3.89. The highest BCUT2D eigenvalue weighted by Crippen LogP contribution is 2.23. The Bertz CT molecular complexity index is 472. The van der Waals surface area contributed by atoms with Crippen molar-refractivity contribution in [2.45, 2.75) is 31.8 Å². The minimum Gasteiger partial charge on any atom is -0.459 e. The van der Waals surface area contributed by atoms with Gasteiger partial charge in [0.15, 0.2) is 5.76 Å². The predicted molar refractivity (Wildman–Crippen MR) is 76.6 cm³/mol. The SMILES string of the molecule is CN(CC(=O)NCC1CCCCC1O)C(=O)c1ccco1. The van der Waals surface area contributed by atoms with E-state index in [1.54, 1.807) is 19.2 Å². The molecule has 1 saturated carbocycles. The van der Waals surface area contributed by atoms with Crippen molar-refractivity contribution in [2.24, 2.45) is 5.92 Å². The van der Waals surface area contributed by atoms with Gasteiger partial charge >= 0.3 is 0 Å². The van der Waals surface area contributed by atoms with E-state index in [0.717, 1.165) is 25.7 Å². The molecule has 2 amide bonds. The number of hydrogen-bond acceptors (Lipinski definition) is 4. The first-order chi connectivity index (χ1) is 10.1. The van der Waals surface area contributed by atoms with Crippen molar-refractivity contribution >= 4 is 11.8 Å². The number of carbonyl (C=O) groups excluding carboxylic acids is 2. The van der Waals surface area contributed by atoms with Crippen LogP contribution in [0, 0.1) is 5.92 Å². The van der Waals surface area contributed by atoms with E-state index in [-0.39, 0.29) is 36.1 Å². The molecular weight excluding hydrogens is 272 g/mol. The molecule has 1 aliphatic carbocycles. The molecule has 1 fully saturated rings. The van der Waals surface area contributed by atoms with E-state index in [4.69, 9.17) is 4.42 Å². The van der Waals surface area contributed by atoms with Crippen LogP contribution in [0.3, 0.4) is 0 Å². The Morgan fingerprint density at radius 1 is 1.43 bits per heavy atom. The molecule has 1 aromatic rings. The van der Waals surface area contributed by atoms with Crippen LogP contribution in [0.4, 0.5) is 0 Å². The number of likely N-dealkylation sites (N-methyl/N-ethyl adjacent to an activating group) is 1. The van der Waals surface area contributed by atoms with E-state index in [9.17, 15) is 14.7 Å². The molecule has 0 radical (unpaired) electrons. The number of nitrogens with zero attached hydrogens (tertiary/aromatic N) is 1. The van der Waals surface area contributed by atoms with Crippen molar-refractivity contribution in [2.75, 3.05) is 20.1 Å². The van der Waals surface area contributed by atoms with Crippen LogP contribution in [0.2, 0.25) is 0 Å². The van der Waals surface area contributed by atoms with Crippen LogP contribution in [-0.4, -0.2) is 48.1 Å². The number of hydrogen-bond donors (Lipinski definition) is 2. The Balaban J connectivity index is 1.75. The number of carbonyl (C=O) groups is 2. The largest absolute Gasteiger partial charge is 0.459 e. The third kappa shape index (κ3) is 4.32. The lowest BCUT2D eigenvalue weighted by Gasteiger charge is -2.27. The molecule has 1 aliphatic rings. The van der Waals surface area contributed by atoms with E-state index in [1.807, 2.05) is 0 Å². The molecule has 6 heteroatoms. The molecule has 1 aromatic heterocycles. The molecule has 6 nitrogen and oxygen atoms in total. The van der Waals surface area contributed by atoms with Gasteiger partial charge in [0.1, 0.15) is 0 Å². The van der Waals surface area contributed by atoms with Crippen LogP contribution in [0.25, 0.3) is 0 Å². The summed E-state index contributed by atoms with van der Waals surface area (Å²) in [6, 6.07) is 3.20. The third-order valence-corrected chi connectivity index (χ3v) is 3.89. The zero-order valence-corrected chi connectivity index (χ0v) is 12.2. The van der Waals surface area contributed by atoms with Crippen LogP contribution < -0.4 is 5.32 Å². The van der Waals surface area contributed by atoms with Crippen molar-refractivity contribution in [1.29, 1.82) is 0 Å². The lowest BCUT2D eigenvalue weighted by atomic mass is 9.86. The summed E-state index contributed by atoms with van der Waals surface area (Å²) >= 11 is 0. The van der Waals surface area contributed by atoms with Crippen LogP contribution >= 0.6 is 0 Å². The van der Waals surface area contributed by atoms with Gasteiger partial charge in [0.2, 0.25) is 5.91 Å². The number of nitrogens with one attached hydrogen (secondary N) is 1. The first-order valence-corrected chi connectivity index (χ1v) is 7.31. The standard InChI is InChI=1S/C15H22N2O4/c1-17(15(20)13-7-4-8-21-13)10-14(19)16-9-11-5-2-3-6-12(11)18/h4,7-8,11-12,18H,2-3,5-6,9-10H2,1H3,(H,16,19). The molecule has 0 saturated heterocycles. The summed E-state index contributed by atoms with van der Waals surface area (Å²) in [5.41, 5.74) is 0. The van der Waals surface area contributed by atoms with Gasteiger partial charge in [-0.25, -0.2) is 0 Å².